The summed E-state index contributed by atoms with van der Waals surface area (Å²) in [5.41, 5.74) is 6.79. The maximum absolute atomic E-state index is 5.98. The number of benzene rings is 1. The first-order valence-electron chi connectivity index (χ1n) is 5.90. The van der Waals surface area contributed by atoms with Crippen molar-refractivity contribution in [1.29, 1.82) is 0 Å². The van der Waals surface area contributed by atoms with Gasteiger partial charge in [-0.3, -0.25) is 0 Å². The molecule has 1 aromatic carbocycles. The van der Waals surface area contributed by atoms with Crippen LogP contribution in [0.3, 0.4) is 0 Å². The van der Waals surface area contributed by atoms with E-state index in [2.05, 4.69) is 10.2 Å². The van der Waals surface area contributed by atoms with E-state index in [9.17, 15) is 0 Å². The number of hydrogen-bond donors (Lipinski definition) is 1. The molecule has 5 heteroatoms. The lowest BCUT2D eigenvalue weighted by Gasteiger charge is -2.10. The molecule has 1 heterocycles. The van der Waals surface area contributed by atoms with E-state index in [4.69, 9.17) is 21.8 Å². The second kappa shape index (κ2) is 5.50. The number of aromatic nitrogens is 2. The third-order valence-electron chi connectivity index (χ3n) is 2.73. The summed E-state index contributed by atoms with van der Waals surface area (Å²) < 4.78 is 5.65. The van der Waals surface area contributed by atoms with Crippen LogP contribution in [-0.2, 0) is 0 Å². The summed E-state index contributed by atoms with van der Waals surface area (Å²) in [5.74, 6) is 1.28. The lowest BCUT2D eigenvalue weighted by molar-refractivity contribution is 0.418. The molecule has 2 rings (SSSR count). The summed E-state index contributed by atoms with van der Waals surface area (Å²) in [6, 6.07) is 7.55. The normalized spacial score (nSPS) is 12.9. The lowest BCUT2D eigenvalue weighted by atomic mass is 9.99. The summed E-state index contributed by atoms with van der Waals surface area (Å²) in [5, 5.41) is 8.78. The van der Waals surface area contributed by atoms with Crippen molar-refractivity contribution in [1.82, 2.24) is 10.2 Å². The van der Waals surface area contributed by atoms with Crippen molar-refractivity contribution in [3.8, 4) is 0 Å². The second-order valence-electron chi connectivity index (χ2n) is 4.48. The monoisotopic (exact) mass is 265 g/mol. The molecule has 1 unspecified atom stereocenters. The van der Waals surface area contributed by atoms with Gasteiger partial charge in [-0.1, -0.05) is 37.6 Å². The van der Waals surface area contributed by atoms with Gasteiger partial charge < -0.3 is 10.2 Å². The van der Waals surface area contributed by atoms with Gasteiger partial charge in [0.1, 0.15) is 0 Å². The number of nitrogens with zero attached hydrogens (tertiary/aromatic N) is 2. The molecule has 0 aliphatic carbocycles. The highest BCUT2D eigenvalue weighted by Gasteiger charge is 2.20. The van der Waals surface area contributed by atoms with Gasteiger partial charge in [-0.05, 0) is 17.7 Å². The standard InChI is InChI=1S/C13H16ClN3O/c1-8(2)12-16-17-13(18-12)11(7-15)9-4-3-5-10(14)6-9/h3-6,8,11H,7,15H2,1-2H3. The van der Waals surface area contributed by atoms with Crippen LogP contribution in [0.4, 0.5) is 0 Å². The van der Waals surface area contributed by atoms with Crippen LogP contribution in [0.1, 0.15) is 43.0 Å². The Labute approximate surface area is 111 Å². The maximum Gasteiger partial charge on any atom is 0.225 e. The van der Waals surface area contributed by atoms with E-state index >= 15 is 0 Å². The number of halogens is 1. The van der Waals surface area contributed by atoms with E-state index in [1.54, 1.807) is 0 Å². The van der Waals surface area contributed by atoms with Gasteiger partial charge in [0.05, 0.1) is 5.92 Å². The average molecular weight is 266 g/mol. The van der Waals surface area contributed by atoms with Crippen molar-refractivity contribution in [3.05, 3.63) is 46.6 Å². The van der Waals surface area contributed by atoms with Crippen LogP contribution in [0.2, 0.25) is 5.02 Å². The highest BCUT2D eigenvalue weighted by Crippen LogP contribution is 2.26. The van der Waals surface area contributed by atoms with E-state index in [1.807, 2.05) is 38.1 Å². The lowest BCUT2D eigenvalue weighted by Crippen LogP contribution is -2.14. The molecule has 18 heavy (non-hydrogen) atoms. The molecule has 96 valence electrons. The number of nitrogens with two attached hydrogens (primary N) is 1. The Morgan fingerprint density at radius 3 is 2.56 bits per heavy atom. The fourth-order valence-corrected chi connectivity index (χ4v) is 1.92. The molecule has 0 bridgehead atoms. The van der Waals surface area contributed by atoms with E-state index in [1.165, 1.54) is 0 Å². The zero-order chi connectivity index (χ0) is 13.1. The molecule has 1 atom stereocenters. The molecule has 0 aliphatic heterocycles. The van der Waals surface area contributed by atoms with Gasteiger partial charge in [0.2, 0.25) is 11.8 Å². The molecule has 1 aromatic heterocycles. The molecule has 0 aliphatic rings. The van der Waals surface area contributed by atoms with Crippen LogP contribution in [0.5, 0.6) is 0 Å². The Morgan fingerprint density at radius 2 is 2.00 bits per heavy atom. The van der Waals surface area contributed by atoms with Crippen molar-refractivity contribution >= 4 is 11.6 Å². The van der Waals surface area contributed by atoms with E-state index in [-0.39, 0.29) is 11.8 Å². The van der Waals surface area contributed by atoms with Crippen LogP contribution in [0.25, 0.3) is 0 Å². The molecule has 2 N–H and O–H groups in total. The Morgan fingerprint density at radius 1 is 1.28 bits per heavy atom. The highest BCUT2D eigenvalue weighted by molar-refractivity contribution is 6.30. The van der Waals surface area contributed by atoms with Gasteiger partial charge in [0.15, 0.2) is 0 Å². The van der Waals surface area contributed by atoms with Crippen LogP contribution in [-0.4, -0.2) is 16.7 Å². The minimum Gasteiger partial charge on any atom is -0.424 e. The van der Waals surface area contributed by atoms with Crippen molar-refractivity contribution in [3.63, 3.8) is 0 Å². The molecule has 4 nitrogen and oxygen atoms in total. The highest BCUT2D eigenvalue weighted by atomic mass is 35.5. The number of rotatable bonds is 4. The van der Waals surface area contributed by atoms with Crippen molar-refractivity contribution in [2.24, 2.45) is 5.73 Å². The topological polar surface area (TPSA) is 64.9 Å². The quantitative estimate of drug-likeness (QED) is 0.923. The fraction of sp³-hybridized carbons (Fsp3) is 0.385. The number of hydrogen-bond acceptors (Lipinski definition) is 4. The molecular formula is C13H16ClN3O. The molecule has 0 radical (unpaired) electrons. The van der Waals surface area contributed by atoms with Crippen LogP contribution < -0.4 is 5.73 Å². The van der Waals surface area contributed by atoms with Crippen molar-refractivity contribution in [2.75, 3.05) is 6.54 Å². The Balaban J connectivity index is 2.33. The Hall–Kier alpha value is -1.39. The third kappa shape index (κ3) is 2.71. The van der Waals surface area contributed by atoms with Crippen molar-refractivity contribution in [2.45, 2.75) is 25.7 Å². The summed E-state index contributed by atoms with van der Waals surface area (Å²) in [6.07, 6.45) is 0. The zero-order valence-electron chi connectivity index (χ0n) is 10.4. The first kappa shape index (κ1) is 13.1. The van der Waals surface area contributed by atoms with Gasteiger partial charge in [-0.15, -0.1) is 10.2 Å². The van der Waals surface area contributed by atoms with Gasteiger partial charge in [0.25, 0.3) is 0 Å². The van der Waals surface area contributed by atoms with E-state index in [0.717, 1.165) is 5.56 Å². The SMILES string of the molecule is CC(C)c1nnc(C(CN)c2cccc(Cl)c2)o1. The molecule has 0 spiro atoms. The second-order valence-corrected chi connectivity index (χ2v) is 4.91. The Bertz CT molecular complexity index is 524. The van der Waals surface area contributed by atoms with Gasteiger partial charge in [-0.2, -0.15) is 0 Å². The van der Waals surface area contributed by atoms with Gasteiger partial charge in [0, 0.05) is 17.5 Å². The summed E-state index contributed by atoms with van der Waals surface area (Å²) in [7, 11) is 0. The molecule has 0 amide bonds. The third-order valence-corrected chi connectivity index (χ3v) is 2.97. The predicted octanol–water partition coefficient (Wildman–Crippen LogP) is 2.94. The molecule has 0 fully saturated rings. The first-order chi connectivity index (χ1) is 8.61. The van der Waals surface area contributed by atoms with Crippen molar-refractivity contribution < 1.29 is 4.42 Å². The molecule has 0 saturated heterocycles. The van der Waals surface area contributed by atoms with E-state index in [0.29, 0.717) is 23.3 Å². The average Bonchev–Trinajstić information content (AvgIpc) is 2.80. The first-order valence-corrected chi connectivity index (χ1v) is 6.28. The fourth-order valence-electron chi connectivity index (χ4n) is 1.72. The predicted molar refractivity (Wildman–Crippen MR) is 70.7 cm³/mol. The molecular weight excluding hydrogens is 250 g/mol. The largest absolute Gasteiger partial charge is 0.424 e. The van der Waals surface area contributed by atoms with Gasteiger partial charge in [-0.25, -0.2) is 0 Å². The zero-order valence-corrected chi connectivity index (χ0v) is 11.2. The van der Waals surface area contributed by atoms with E-state index < -0.39 is 0 Å². The smallest absolute Gasteiger partial charge is 0.225 e. The van der Waals surface area contributed by atoms with Crippen LogP contribution in [0, 0.1) is 0 Å². The minimum atomic E-state index is -0.108. The maximum atomic E-state index is 5.98. The van der Waals surface area contributed by atoms with Gasteiger partial charge >= 0.3 is 0 Å². The molecule has 0 saturated carbocycles. The minimum absolute atomic E-state index is 0.108. The van der Waals surface area contributed by atoms with Crippen LogP contribution >= 0.6 is 11.6 Å². The van der Waals surface area contributed by atoms with Crippen LogP contribution in [0.15, 0.2) is 28.7 Å². The summed E-state index contributed by atoms with van der Waals surface area (Å²) >= 11 is 5.98. The Kier molecular flexibility index (Phi) is 3.99. The summed E-state index contributed by atoms with van der Waals surface area (Å²) in [4.78, 5) is 0. The summed E-state index contributed by atoms with van der Waals surface area (Å²) in [6.45, 7) is 4.42. The molecule has 2 aromatic rings.